The number of aryl methyl sites for hydroxylation is 2. The molecule has 1 aliphatic heterocycles. The Morgan fingerprint density at radius 1 is 1.00 bits per heavy atom. The van der Waals surface area contributed by atoms with E-state index in [-0.39, 0.29) is 17.1 Å². The van der Waals surface area contributed by atoms with Gasteiger partial charge in [0.05, 0.1) is 24.1 Å². The molecule has 1 atom stereocenters. The molecule has 0 spiro atoms. The molecule has 4 aromatic rings. The van der Waals surface area contributed by atoms with Crippen LogP contribution in [0.2, 0.25) is 0 Å². The molecule has 1 amide bonds. The molecule has 0 bridgehead atoms. The molecule has 2 aromatic carbocycles. The highest BCUT2D eigenvalue weighted by molar-refractivity contribution is 6.10. The molecule has 6 heteroatoms. The Labute approximate surface area is 178 Å². The highest BCUT2D eigenvalue weighted by Crippen LogP contribution is 2.41. The van der Waals surface area contributed by atoms with Crippen molar-refractivity contribution in [3.8, 4) is 5.75 Å². The maximum atomic E-state index is 13.6. The molecule has 6 nitrogen and oxygen atoms in total. The van der Waals surface area contributed by atoms with Crippen molar-refractivity contribution >= 4 is 22.7 Å². The van der Waals surface area contributed by atoms with Crippen LogP contribution < -0.4 is 15.1 Å². The van der Waals surface area contributed by atoms with E-state index in [4.69, 9.17) is 9.15 Å². The third kappa shape index (κ3) is 2.99. The minimum Gasteiger partial charge on any atom is -0.497 e. The zero-order chi connectivity index (χ0) is 21.7. The minimum atomic E-state index is -0.673. The smallest absolute Gasteiger partial charge is 0.296 e. The van der Waals surface area contributed by atoms with Gasteiger partial charge in [-0.1, -0.05) is 29.8 Å². The number of fused-ring (bicyclic) bond motifs is 2. The summed E-state index contributed by atoms with van der Waals surface area (Å²) in [6, 6.07) is 17.5. The lowest BCUT2D eigenvalue weighted by Crippen LogP contribution is -2.30. The van der Waals surface area contributed by atoms with Crippen molar-refractivity contribution in [2.24, 2.45) is 0 Å². The summed E-state index contributed by atoms with van der Waals surface area (Å²) in [5.41, 5.74) is 2.96. The zero-order valence-corrected chi connectivity index (χ0v) is 17.4. The van der Waals surface area contributed by atoms with Crippen molar-refractivity contribution in [1.82, 2.24) is 4.98 Å². The van der Waals surface area contributed by atoms with Crippen molar-refractivity contribution in [2.75, 3.05) is 12.0 Å². The fourth-order valence-electron chi connectivity index (χ4n) is 4.11. The van der Waals surface area contributed by atoms with E-state index in [2.05, 4.69) is 4.98 Å². The van der Waals surface area contributed by atoms with Crippen LogP contribution in [-0.2, 0) is 0 Å². The van der Waals surface area contributed by atoms with Crippen molar-refractivity contribution in [3.05, 3.63) is 99.0 Å². The number of hydrogen-bond acceptors (Lipinski definition) is 5. The second-order valence-electron chi connectivity index (χ2n) is 7.67. The predicted octanol–water partition coefficient (Wildman–Crippen LogP) is 4.56. The van der Waals surface area contributed by atoms with E-state index in [1.54, 1.807) is 25.3 Å². The average Bonchev–Trinajstić information content (AvgIpc) is 3.07. The van der Waals surface area contributed by atoms with Gasteiger partial charge in [0.1, 0.15) is 17.2 Å². The van der Waals surface area contributed by atoms with Crippen molar-refractivity contribution in [1.29, 1.82) is 0 Å². The number of pyridine rings is 1. The number of carbonyl (C=O) groups is 1. The first kappa shape index (κ1) is 19.1. The van der Waals surface area contributed by atoms with Gasteiger partial charge in [-0.25, -0.2) is 4.98 Å². The van der Waals surface area contributed by atoms with Gasteiger partial charge in [-0.15, -0.1) is 0 Å². The maximum absolute atomic E-state index is 13.6. The van der Waals surface area contributed by atoms with Gasteiger partial charge in [0.25, 0.3) is 5.91 Å². The standard InChI is InChI=1S/C25H20N2O4/c1-14-10-11-19-18(12-14)23(28)21-22(16-7-5-8-17(13-16)30-3)27(25(29)24(21)31-19)20-9-4-6-15(2)26-20/h4-13,22H,1-3H3/t22-/m1/s1. The number of hydrogen-bond donors (Lipinski definition) is 0. The molecule has 0 saturated carbocycles. The highest BCUT2D eigenvalue weighted by Gasteiger charge is 2.44. The largest absolute Gasteiger partial charge is 0.497 e. The quantitative estimate of drug-likeness (QED) is 0.493. The lowest BCUT2D eigenvalue weighted by molar-refractivity contribution is 0.0970. The summed E-state index contributed by atoms with van der Waals surface area (Å²) >= 11 is 0. The van der Waals surface area contributed by atoms with Crippen LogP contribution in [0.15, 0.2) is 69.9 Å². The van der Waals surface area contributed by atoms with Crippen molar-refractivity contribution < 1.29 is 13.9 Å². The molecule has 3 heterocycles. The van der Waals surface area contributed by atoms with E-state index in [0.717, 1.165) is 16.8 Å². The van der Waals surface area contributed by atoms with Gasteiger partial charge >= 0.3 is 0 Å². The SMILES string of the molecule is COc1cccc([C@@H]2c3c(oc4ccc(C)cc4c3=O)C(=O)N2c2cccc(C)n2)c1. The molecule has 0 N–H and O–H groups in total. The van der Waals surface area contributed by atoms with Crippen LogP contribution in [0.3, 0.4) is 0 Å². The molecular formula is C25H20N2O4. The normalized spacial score (nSPS) is 15.4. The van der Waals surface area contributed by atoms with Crippen LogP contribution in [-0.4, -0.2) is 18.0 Å². The van der Waals surface area contributed by atoms with Gasteiger partial charge in [-0.3, -0.25) is 14.5 Å². The Balaban J connectivity index is 1.83. The van der Waals surface area contributed by atoms with Crippen molar-refractivity contribution in [2.45, 2.75) is 19.9 Å². The van der Waals surface area contributed by atoms with E-state index < -0.39 is 6.04 Å². The molecule has 0 unspecified atom stereocenters. The average molecular weight is 412 g/mol. The highest BCUT2D eigenvalue weighted by atomic mass is 16.5. The number of amides is 1. The van der Waals surface area contributed by atoms with Crippen LogP contribution >= 0.6 is 0 Å². The first-order valence-corrected chi connectivity index (χ1v) is 9.96. The first-order valence-electron chi connectivity index (χ1n) is 9.96. The fraction of sp³-hybridized carbons (Fsp3) is 0.160. The maximum Gasteiger partial charge on any atom is 0.296 e. The predicted molar refractivity (Wildman–Crippen MR) is 118 cm³/mol. The third-order valence-corrected chi connectivity index (χ3v) is 5.56. The van der Waals surface area contributed by atoms with Crippen molar-refractivity contribution in [3.63, 3.8) is 0 Å². The first-order chi connectivity index (χ1) is 15.0. The molecule has 0 saturated heterocycles. The summed E-state index contributed by atoms with van der Waals surface area (Å²) in [6.45, 7) is 3.78. The zero-order valence-electron chi connectivity index (χ0n) is 17.4. The van der Waals surface area contributed by atoms with E-state index in [1.807, 2.05) is 56.3 Å². The number of methoxy groups -OCH3 is 1. The summed E-state index contributed by atoms with van der Waals surface area (Å²) in [6.07, 6.45) is 0. The van der Waals surface area contributed by atoms with Crippen LogP contribution in [0.25, 0.3) is 11.0 Å². The number of anilines is 1. The Hall–Kier alpha value is -3.93. The van der Waals surface area contributed by atoms with Crippen LogP contribution in [0.4, 0.5) is 5.82 Å². The summed E-state index contributed by atoms with van der Waals surface area (Å²) in [7, 11) is 1.58. The lowest BCUT2D eigenvalue weighted by Gasteiger charge is -2.24. The van der Waals surface area contributed by atoms with Gasteiger partial charge in [0.2, 0.25) is 5.76 Å². The lowest BCUT2D eigenvalue weighted by atomic mass is 9.98. The molecular weight excluding hydrogens is 392 g/mol. The monoisotopic (exact) mass is 412 g/mol. The van der Waals surface area contributed by atoms with Gasteiger partial charge in [0.15, 0.2) is 5.43 Å². The van der Waals surface area contributed by atoms with Crippen LogP contribution in [0.5, 0.6) is 5.75 Å². The molecule has 0 fully saturated rings. The number of nitrogens with zero attached hydrogens (tertiary/aromatic N) is 2. The molecule has 1 aliphatic rings. The molecule has 5 rings (SSSR count). The summed E-state index contributed by atoms with van der Waals surface area (Å²) < 4.78 is 11.4. The van der Waals surface area contributed by atoms with E-state index in [0.29, 0.717) is 28.1 Å². The second kappa shape index (κ2) is 7.09. The fourth-order valence-corrected chi connectivity index (χ4v) is 4.11. The Kier molecular flexibility index (Phi) is 4.36. The molecule has 31 heavy (non-hydrogen) atoms. The number of ether oxygens (including phenoxy) is 1. The molecule has 2 aromatic heterocycles. The Morgan fingerprint density at radius 2 is 1.81 bits per heavy atom. The van der Waals surface area contributed by atoms with Gasteiger partial charge < -0.3 is 9.15 Å². The second-order valence-corrected chi connectivity index (χ2v) is 7.67. The molecule has 154 valence electrons. The summed E-state index contributed by atoms with van der Waals surface area (Å²) in [5, 5.41) is 0.457. The minimum absolute atomic E-state index is 0.0532. The van der Waals surface area contributed by atoms with Gasteiger partial charge in [-0.05, 0) is 55.8 Å². The van der Waals surface area contributed by atoms with Gasteiger partial charge in [-0.2, -0.15) is 0 Å². The topological polar surface area (TPSA) is 72.6 Å². The van der Waals surface area contributed by atoms with E-state index in [9.17, 15) is 9.59 Å². The number of rotatable bonds is 3. The van der Waals surface area contributed by atoms with Crippen LogP contribution in [0.1, 0.15) is 39.0 Å². The van der Waals surface area contributed by atoms with Crippen LogP contribution in [0, 0.1) is 13.8 Å². The van der Waals surface area contributed by atoms with Gasteiger partial charge in [0, 0.05) is 5.69 Å². The number of aromatic nitrogens is 1. The number of carbonyl (C=O) groups excluding carboxylic acids is 1. The summed E-state index contributed by atoms with van der Waals surface area (Å²) in [4.78, 5) is 33.2. The third-order valence-electron chi connectivity index (χ3n) is 5.56. The Bertz CT molecular complexity index is 1410. The van der Waals surface area contributed by atoms with E-state index in [1.165, 1.54) is 4.90 Å². The molecule has 0 aliphatic carbocycles. The van der Waals surface area contributed by atoms with E-state index >= 15 is 0 Å². The number of benzene rings is 2. The summed E-state index contributed by atoms with van der Waals surface area (Å²) in [5.74, 6) is 0.762. The Morgan fingerprint density at radius 3 is 2.58 bits per heavy atom. The molecule has 0 radical (unpaired) electrons.